The van der Waals surface area contributed by atoms with Gasteiger partial charge in [-0.3, -0.25) is 4.79 Å². The Morgan fingerprint density at radius 1 is 0.550 bits per heavy atom. The third-order valence-corrected chi connectivity index (χ3v) is 11.9. The molecule has 0 bridgehead atoms. The maximum atomic E-state index is 13.0. The maximum absolute atomic E-state index is 13.0. The van der Waals surface area contributed by atoms with Crippen molar-refractivity contribution in [2.45, 2.75) is 262 Å². The van der Waals surface area contributed by atoms with Crippen molar-refractivity contribution in [1.29, 1.82) is 0 Å². The van der Waals surface area contributed by atoms with E-state index in [-0.39, 0.29) is 18.9 Å². The van der Waals surface area contributed by atoms with Gasteiger partial charge < -0.3 is 54.9 Å². The number of carbonyl (C=O) groups is 1. The van der Waals surface area contributed by atoms with Crippen LogP contribution in [0.1, 0.15) is 213 Å². The van der Waals surface area contributed by atoms with E-state index in [2.05, 4.69) is 19.2 Å². The Morgan fingerprint density at radius 3 is 1.45 bits per heavy atom. The van der Waals surface area contributed by atoms with Crippen LogP contribution in [0, 0.1) is 0 Å². The number of ether oxygens (including phenoxy) is 4. The van der Waals surface area contributed by atoms with E-state index in [1.807, 2.05) is 0 Å². The number of rotatable bonds is 44. The van der Waals surface area contributed by atoms with Gasteiger partial charge in [-0.15, -0.1) is 0 Å². The van der Waals surface area contributed by atoms with Crippen LogP contribution in [0.2, 0.25) is 0 Å². The zero-order valence-electron chi connectivity index (χ0n) is 38.5. The molecule has 0 aliphatic carbocycles. The minimum absolute atomic E-state index is 0.266. The van der Waals surface area contributed by atoms with Gasteiger partial charge in [0.2, 0.25) is 5.91 Å². The molecule has 8 atom stereocenters. The average molecular weight is 862 g/mol. The second-order valence-electron chi connectivity index (χ2n) is 17.6. The molecule has 0 aromatic carbocycles. The summed E-state index contributed by atoms with van der Waals surface area (Å²) in [5.74, 6) is -0.266. The fourth-order valence-electron chi connectivity index (χ4n) is 7.91. The van der Waals surface area contributed by atoms with Crippen LogP contribution in [0.25, 0.3) is 0 Å². The standard InChI is InChI=1S/C48H95NO11/c1-3-5-6-7-8-9-10-11-14-17-22-27-32-41(51)44(53)40(39-59-48-47(56)46(55)45(54)42(38-50)60-48)49-43(52)33-28-23-18-15-12-13-16-19-24-30-36-58-37-31-26-21-20-25-29-35-57-34-4-2/h40-42,44-48,50-51,53-56H,3-39H2,1-2H3,(H,49,52)/t40-,41+,42+,44-,45-,46-,47+,48-/m0/s1. The molecule has 0 aromatic rings. The zero-order chi connectivity index (χ0) is 43.9. The molecule has 0 aromatic heterocycles. The lowest BCUT2D eigenvalue weighted by Gasteiger charge is -2.40. The van der Waals surface area contributed by atoms with E-state index in [4.69, 9.17) is 18.9 Å². The average Bonchev–Trinajstić information content (AvgIpc) is 3.25. The highest BCUT2D eigenvalue weighted by atomic mass is 16.7. The molecule has 0 spiro atoms. The van der Waals surface area contributed by atoms with Gasteiger partial charge in [0.05, 0.1) is 25.4 Å². The quantitative estimate of drug-likeness (QED) is 0.0293. The topological polar surface area (TPSA) is 187 Å². The molecule has 1 heterocycles. The van der Waals surface area contributed by atoms with Crippen LogP contribution in [0.3, 0.4) is 0 Å². The van der Waals surface area contributed by atoms with Crippen molar-refractivity contribution in [3.05, 3.63) is 0 Å². The third-order valence-electron chi connectivity index (χ3n) is 11.9. The van der Waals surface area contributed by atoms with Crippen LogP contribution in [0.5, 0.6) is 0 Å². The number of amides is 1. The van der Waals surface area contributed by atoms with Gasteiger partial charge in [-0.2, -0.15) is 0 Å². The molecule has 60 heavy (non-hydrogen) atoms. The minimum Gasteiger partial charge on any atom is -0.394 e. The number of hydrogen-bond donors (Lipinski definition) is 7. The number of aliphatic hydroxyl groups excluding tert-OH is 6. The lowest BCUT2D eigenvalue weighted by Crippen LogP contribution is -2.60. The van der Waals surface area contributed by atoms with Crippen LogP contribution < -0.4 is 5.32 Å². The molecular formula is C48H95NO11. The lowest BCUT2D eigenvalue weighted by molar-refractivity contribution is -0.303. The molecule has 12 nitrogen and oxygen atoms in total. The Hall–Kier alpha value is -0.930. The van der Waals surface area contributed by atoms with E-state index >= 15 is 0 Å². The highest BCUT2D eigenvalue weighted by Crippen LogP contribution is 2.23. The molecule has 1 saturated heterocycles. The van der Waals surface area contributed by atoms with Gasteiger partial charge in [0.15, 0.2) is 6.29 Å². The van der Waals surface area contributed by atoms with Crippen LogP contribution >= 0.6 is 0 Å². The molecule has 1 fully saturated rings. The molecule has 358 valence electrons. The summed E-state index contributed by atoms with van der Waals surface area (Å²) in [7, 11) is 0. The predicted octanol–water partition coefficient (Wildman–Crippen LogP) is 8.18. The SMILES string of the molecule is CCCCCCCCCCCCCC[C@@H](O)[C@@H](O)[C@H](CO[C@H]1O[C@H](CO)[C@H](O)[C@H](O)[C@H]1O)NC(=O)CCCCCCCCCCCCOCCCCCCCCOCCC. The van der Waals surface area contributed by atoms with Crippen molar-refractivity contribution in [1.82, 2.24) is 5.32 Å². The fourth-order valence-corrected chi connectivity index (χ4v) is 7.91. The molecule has 1 aliphatic heterocycles. The molecule has 0 unspecified atom stereocenters. The normalized spacial score (nSPS) is 21.0. The van der Waals surface area contributed by atoms with E-state index in [1.54, 1.807) is 0 Å². The number of unbranched alkanes of at least 4 members (excludes halogenated alkanes) is 25. The number of carbonyl (C=O) groups excluding carboxylic acids is 1. The Morgan fingerprint density at radius 2 is 0.983 bits per heavy atom. The van der Waals surface area contributed by atoms with Crippen molar-refractivity contribution in [3.63, 3.8) is 0 Å². The first-order valence-corrected chi connectivity index (χ1v) is 25.0. The molecule has 1 rings (SSSR count). The van der Waals surface area contributed by atoms with E-state index in [0.29, 0.717) is 12.8 Å². The van der Waals surface area contributed by atoms with Gasteiger partial charge in [-0.25, -0.2) is 0 Å². The van der Waals surface area contributed by atoms with Crippen molar-refractivity contribution < 1.29 is 54.4 Å². The zero-order valence-corrected chi connectivity index (χ0v) is 38.5. The molecule has 0 saturated carbocycles. The Balaban J connectivity index is 2.26. The summed E-state index contributed by atoms with van der Waals surface area (Å²) in [6.45, 7) is 7.01. The van der Waals surface area contributed by atoms with Gasteiger partial charge >= 0.3 is 0 Å². The first kappa shape index (κ1) is 57.1. The van der Waals surface area contributed by atoms with Crippen molar-refractivity contribution in [2.24, 2.45) is 0 Å². The van der Waals surface area contributed by atoms with Crippen molar-refractivity contribution in [2.75, 3.05) is 39.6 Å². The van der Waals surface area contributed by atoms with Gasteiger partial charge in [0.25, 0.3) is 0 Å². The molecule has 1 amide bonds. The van der Waals surface area contributed by atoms with Gasteiger partial charge in [0, 0.05) is 32.8 Å². The summed E-state index contributed by atoms with van der Waals surface area (Å²) in [5.41, 5.74) is 0. The van der Waals surface area contributed by atoms with Crippen LogP contribution in [0.4, 0.5) is 0 Å². The third kappa shape index (κ3) is 30.2. The minimum atomic E-state index is -1.61. The van der Waals surface area contributed by atoms with E-state index in [0.717, 1.165) is 90.6 Å². The molecule has 12 heteroatoms. The van der Waals surface area contributed by atoms with Gasteiger partial charge in [0.1, 0.15) is 30.5 Å². The molecule has 0 radical (unpaired) electrons. The molecule has 7 N–H and O–H groups in total. The summed E-state index contributed by atoms with van der Waals surface area (Å²) in [6, 6.07) is -0.996. The Labute approximate surface area is 366 Å². The number of aliphatic hydroxyl groups is 6. The summed E-state index contributed by atoms with van der Waals surface area (Å²) in [6.07, 6.45) is 24.8. The largest absolute Gasteiger partial charge is 0.394 e. The number of nitrogens with one attached hydrogen (secondary N) is 1. The first-order chi connectivity index (χ1) is 29.3. The summed E-state index contributed by atoms with van der Waals surface area (Å²) >= 11 is 0. The van der Waals surface area contributed by atoms with E-state index in [1.165, 1.54) is 116 Å². The Kier molecular flexibility index (Phi) is 38.8. The van der Waals surface area contributed by atoms with E-state index in [9.17, 15) is 35.4 Å². The van der Waals surface area contributed by atoms with Gasteiger partial charge in [-0.1, -0.05) is 168 Å². The maximum Gasteiger partial charge on any atom is 0.220 e. The first-order valence-electron chi connectivity index (χ1n) is 25.0. The second-order valence-corrected chi connectivity index (χ2v) is 17.6. The van der Waals surface area contributed by atoms with Gasteiger partial charge in [-0.05, 0) is 38.5 Å². The fraction of sp³-hybridized carbons (Fsp3) is 0.979. The smallest absolute Gasteiger partial charge is 0.220 e. The molecule has 1 aliphatic rings. The van der Waals surface area contributed by atoms with E-state index < -0.39 is 55.6 Å². The monoisotopic (exact) mass is 862 g/mol. The summed E-state index contributed by atoms with van der Waals surface area (Å²) in [5, 5.41) is 65.2. The summed E-state index contributed by atoms with van der Waals surface area (Å²) < 4.78 is 22.5. The predicted molar refractivity (Wildman–Crippen MR) is 240 cm³/mol. The van der Waals surface area contributed by atoms with Crippen LogP contribution in [0.15, 0.2) is 0 Å². The molecular weight excluding hydrogens is 767 g/mol. The Bertz CT molecular complexity index is 931. The number of hydrogen-bond acceptors (Lipinski definition) is 11. The highest BCUT2D eigenvalue weighted by Gasteiger charge is 2.44. The van der Waals surface area contributed by atoms with Crippen molar-refractivity contribution >= 4 is 5.91 Å². The van der Waals surface area contributed by atoms with Crippen LogP contribution in [-0.2, 0) is 23.7 Å². The highest BCUT2D eigenvalue weighted by molar-refractivity contribution is 5.76. The van der Waals surface area contributed by atoms with Crippen molar-refractivity contribution in [3.8, 4) is 0 Å². The lowest BCUT2D eigenvalue weighted by atomic mass is 9.98. The summed E-state index contributed by atoms with van der Waals surface area (Å²) in [4.78, 5) is 13.0. The second kappa shape index (κ2) is 40.8. The van der Waals surface area contributed by atoms with Crippen LogP contribution in [-0.4, -0.2) is 125 Å².